The monoisotopic (exact) mass is 303 g/mol. The molecule has 19 heavy (non-hydrogen) atoms. The molecule has 0 aromatic carbocycles. The summed E-state index contributed by atoms with van der Waals surface area (Å²) >= 11 is 5.55. The van der Waals surface area contributed by atoms with E-state index in [9.17, 15) is 8.42 Å². The van der Waals surface area contributed by atoms with Crippen LogP contribution in [0.25, 0.3) is 0 Å². The van der Waals surface area contributed by atoms with Gasteiger partial charge in [-0.3, -0.25) is 0 Å². The Labute approximate surface area is 118 Å². The maximum Gasteiger partial charge on any atom is 0.243 e. The van der Waals surface area contributed by atoms with Gasteiger partial charge in [0.1, 0.15) is 4.90 Å². The molecule has 1 aromatic heterocycles. The minimum atomic E-state index is -3.53. The Balaban J connectivity index is 2.00. The van der Waals surface area contributed by atoms with Gasteiger partial charge in [0.2, 0.25) is 15.3 Å². The van der Waals surface area contributed by atoms with Gasteiger partial charge in [-0.05, 0) is 43.2 Å². The van der Waals surface area contributed by atoms with E-state index in [4.69, 9.17) is 11.6 Å². The first kappa shape index (κ1) is 14.7. The fourth-order valence-electron chi connectivity index (χ4n) is 2.42. The van der Waals surface area contributed by atoms with Crippen LogP contribution in [-0.4, -0.2) is 24.4 Å². The van der Waals surface area contributed by atoms with Gasteiger partial charge >= 0.3 is 0 Å². The van der Waals surface area contributed by atoms with Crippen molar-refractivity contribution in [1.29, 1.82) is 0 Å². The van der Waals surface area contributed by atoms with Crippen LogP contribution in [0, 0.1) is 5.92 Å². The van der Waals surface area contributed by atoms with Gasteiger partial charge in [-0.15, -0.1) is 0 Å². The maximum absolute atomic E-state index is 12.1. The highest BCUT2D eigenvalue weighted by atomic mass is 35.5. The molecule has 0 amide bonds. The van der Waals surface area contributed by atoms with Crippen LogP contribution in [-0.2, 0) is 10.0 Å². The molecule has 0 spiro atoms. The first-order chi connectivity index (χ1) is 9.01. The van der Waals surface area contributed by atoms with Crippen LogP contribution >= 0.6 is 11.6 Å². The van der Waals surface area contributed by atoms with Gasteiger partial charge < -0.3 is 0 Å². The summed E-state index contributed by atoms with van der Waals surface area (Å²) in [7, 11) is -3.53. The van der Waals surface area contributed by atoms with Gasteiger partial charge in [0, 0.05) is 6.04 Å². The minimum Gasteiger partial charge on any atom is -0.225 e. The topological polar surface area (TPSA) is 72.0 Å². The van der Waals surface area contributed by atoms with Crippen LogP contribution in [0.4, 0.5) is 0 Å². The third-order valence-corrected chi connectivity index (χ3v) is 5.32. The zero-order chi connectivity index (χ0) is 13.9. The van der Waals surface area contributed by atoms with Gasteiger partial charge in [0.05, 0.1) is 12.4 Å². The Morgan fingerprint density at radius 3 is 2.37 bits per heavy atom. The SMILES string of the molecule is CCC1CCC(NS(=O)(=O)c2cnc(Cl)nc2)CC1. The molecule has 0 unspecified atom stereocenters. The van der Waals surface area contributed by atoms with E-state index >= 15 is 0 Å². The van der Waals surface area contributed by atoms with Crippen molar-refractivity contribution in [2.45, 2.75) is 50.0 Å². The molecule has 1 aromatic rings. The molecular formula is C12H18ClN3O2S. The molecule has 0 aliphatic heterocycles. The Bertz CT molecular complexity index is 510. The molecule has 1 N–H and O–H groups in total. The number of hydrogen-bond acceptors (Lipinski definition) is 4. The van der Waals surface area contributed by atoms with Crippen LogP contribution in [0.5, 0.6) is 0 Å². The zero-order valence-electron chi connectivity index (χ0n) is 10.8. The lowest BCUT2D eigenvalue weighted by atomic mass is 9.85. The van der Waals surface area contributed by atoms with Crippen molar-refractivity contribution in [1.82, 2.24) is 14.7 Å². The van der Waals surface area contributed by atoms with E-state index in [1.807, 2.05) is 0 Å². The standard InChI is InChI=1S/C12H18ClN3O2S/c1-2-9-3-5-10(6-4-9)16-19(17,18)11-7-14-12(13)15-8-11/h7-10,16H,2-6H2,1H3. The predicted octanol–water partition coefficient (Wildman–Crippen LogP) is 2.38. The second-order valence-electron chi connectivity index (χ2n) is 4.93. The molecule has 0 saturated heterocycles. The fraction of sp³-hybridized carbons (Fsp3) is 0.667. The summed E-state index contributed by atoms with van der Waals surface area (Å²) in [6.45, 7) is 2.18. The van der Waals surface area contributed by atoms with E-state index in [1.165, 1.54) is 18.8 Å². The first-order valence-corrected chi connectivity index (χ1v) is 8.37. The molecule has 1 saturated carbocycles. The average Bonchev–Trinajstić information content (AvgIpc) is 2.40. The Kier molecular flexibility index (Phi) is 4.76. The summed E-state index contributed by atoms with van der Waals surface area (Å²) in [5, 5.41) is 0.0439. The van der Waals surface area contributed by atoms with E-state index < -0.39 is 10.0 Å². The molecule has 1 fully saturated rings. The molecule has 2 rings (SSSR count). The summed E-state index contributed by atoms with van der Waals surface area (Å²) in [6.07, 6.45) is 7.59. The summed E-state index contributed by atoms with van der Waals surface area (Å²) in [6, 6.07) is 0.0171. The number of sulfonamides is 1. The van der Waals surface area contributed by atoms with Crippen molar-refractivity contribution < 1.29 is 8.42 Å². The van der Waals surface area contributed by atoms with E-state index in [0.717, 1.165) is 31.6 Å². The highest BCUT2D eigenvalue weighted by Gasteiger charge is 2.25. The smallest absolute Gasteiger partial charge is 0.225 e. The lowest BCUT2D eigenvalue weighted by Crippen LogP contribution is -2.37. The van der Waals surface area contributed by atoms with E-state index in [1.54, 1.807) is 0 Å². The summed E-state index contributed by atoms with van der Waals surface area (Å²) in [4.78, 5) is 7.46. The summed E-state index contributed by atoms with van der Waals surface area (Å²) in [5.41, 5.74) is 0. The largest absolute Gasteiger partial charge is 0.243 e. The van der Waals surface area contributed by atoms with Gasteiger partial charge in [0.15, 0.2) is 0 Å². The molecule has 1 heterocycles. The molecule has 7 heteroatoms. The zero-order valence-corrected chi connectivity index (χ0v) is 12.4. The normalized spacial score (nSPS) is 24.3. The van der Waals surface area contributed by atoms with Crippen molar-refractivity contribution in [3.63, 3.8) is 0 Å². The molecule has 5 nitrogen and oxygen atoms in total. The van der Waals surface area contributed by atoms with Gasteiger partial charge in [-0.1, -0.05) is 13.3 Å². The number of rotatable bonds is 4. The number of halogens is 1. The Morgan fingerprint density at radius 2 is 1.84 bits per heavy atom. The number of aromatic nitrogens is 2. The van der Waals surface area contributed by atoms with Gasteiger partial charge in [-0.2, -0.15) is 0 Å². The second-order valence-corrected chi connectivity index (χ2v) is 6.99. The highest BCUT2D eigenvalue weighted by molar-refractivity contribution is 7.89. The van der Waals surface area contributed by atoms with Gasteiger partial charge in [-0.25, -0.2) is 23.1 Å². The minimum absolute atomic E-state index is 0.0171. The van der Waals surface area contributed by atoms with Gasteiger partial charge in [0.25, 0.3) is 0 Å². The summed E-state index contributed by atoms with van der Waals surface area (Å²) < 4.78 is 27.0. The molecular weight excluding hydrogens is 286 g/mol. The highest BCUT2D eigenvalue weighted by Crippen LogP contribution is 2.27. The van der Waals surface area contributed by atoms with Crippen molar-refractivity contribution >= 4 is 21.6 Å². The number of nitrogens with one attached hydrogen (secondary N) is 1. The van der Waals surface area contributed by atoms with Crippen LogP contribution in [0.3, 0.4) is 0 Å². The van der Waals surface area contributed by atoms with Crippen LogP contribution in [0.1, 0.15) is 39.0 Å². The van der Waals surface area contributed by atoms with Crippen molar-refractivity contribution in [3.8, 4) is 0 Å². The lowest BCUT2D eigenvalue weighted by molar-refractivity contribution is 0.306. The molecule has 1 aliphatic carbocycles. The van der Waals surface area contributed by atoms with Crippen LogP contribution in [0.2, 0.25) is 5.28 Å². The van der Waals surface area contributed by atoms with E-state index in [-0.39, 0.29) is 16.2 Å². The third-order valence-electron chi connectivity index (χ3n) is 3.65. The first-order valence-electron chi connectivity index (χ1n) is 6.51. The van der Waals surface area contributed by atoms with E-state index in [2.05, 4.69) is 21.6 Å². The fourth-order valence-corrected chi connectivity index (χ4v) is 3.71. The quantitative estimate of drug-likeness (QED) is 0.867. The molecule has 0 atom stereocenters. The number of hydrogen-bond donors (Lipinski definition) is 1. The summed E-state index contributed by atoms with van der Waals surface area (Å²) in [5.74, 6) is 0.736. The van der Waals surface area contributed by atoms with Crippen molar-refractivity contribution in [2.75, 3.05) is 0 Å². The molecule has 0 bridgehead atoms. The average molecular weight is 304 g/mol. The predicted molar refractivity (Wildman–Crippen MR) is 73.4 cm³/mol. The number of nitrogens with zero attached hydrogens (tertiary/aromatic N) is 2. The third kappa shape index (κ3) is 3.87. The van der Waals surface area contributed by atoms with Crippen LogP contribution in [0.15, 0.2) is 17.3 Å². The van der Waals surface area contributed by atoms with Crippen molar-refractivity contribution in [2.24, 2.45) is 5.92 Å². The van der Waals surface area contributed by atoms with Crippen molar-refractivity contribution in [3.05, 3.63) is 17.7 Å². The Morgan fingerprint density at radius 1 is 1.26 bits per heavy atom. The van der Waals surface area contributed by atoms with E-state index in [0.29, 0.717) is 0 Å². The lowest BCUT2D eigenvalue weighted by Gasteiger charge is -2.28. The second kappa shape index (κ2) is 6.15. The molecule has 106 valence electrons. The molecule has 0 radical (unpaired) electrons. The molecule has 1 aliphatic rings. The van der Waals surface area contributed by atoms with Crippen LogP contribution < -0.4 is 4.72 Å². The Hall–Kier alpha value is -0.720. The maximum atomic E-state index is 12.1.